The Balaban J connectivity index is 2.01. The molecule has 1 heterocycles. The van der Waals surface area contributed by atoms with E-state index in [2.05, 4.69) is 5.32 Å². The minimum atomic E-state index is -1.13. The Bertz CT molecular complexity index is 1160. The van der Waals surface area contributed by atoms with Crippen LogP contribution in [-0.4, -0.2) is 39.9 Å². The Kier molecular flexibility index (Phi) is 4.49. The number of nitrogens with one attached hydrogen (secondary N) is 1. The van der Waals surface area contributed by atoms with Crippen LogP contribution in [-0.2, 0) is 9.59 Å². The van der Waals surface area contributed by atoms with E-state index in [4.69, 9.17) is 4.74 Å². The first-order chi connectivity index (χ1) is 14.3. The maximum absolute atomic E-state index is 12.8. The lowest BCUT2D eigenvalue weighted by atomic mass is 9.81. The van der Waals surface area contributed by atoms with Crippen LogP contribution >= 0.6 is 0 Å². The van der Waals surface area contributed by atoms with Crippen molar-refractivity contribution in [2.75, 3.05) is 12.4 Å². The Morgan fingerprint density at radius 2 is 1.83 bits per heavy atom. The number of phenols is 2. The topological polar surface area (TPSA) is 133 Å². The number of methoxy groups -OCH3 is 1. The quantitative estimate of drug-likeness (QED) is 0.571. The van der Waals surface area contributed by atoms with Crippen molar-refractivity contribution in [1.29, 1.82) is 0 Å². The lowest BCUT2D eigenvalue weighted by Gasteiger charge is -2.23. The fourth-order valence-electron chi connectivity index (χ4n) is 4.10. The maximum Gasteiger partial charge on any atom is 0.236 e. The number of rotatable bonds is 4. The van der Waals surface area contributed by atoms with Crippen LogP contribution in [0.25, 0.3) is 5.76 Å². The van der Waals surface area contributed by atoms with E-state index in [0.717, 1.165) is 0 Å². The number of amides is 1. The Morgan fingerprint density at radius 3 is 2.50 bits per heavy atom. The number of ether oxygens (including phenoxy) is 1. The van der Waals surface area contributed by atoms with E-state index in [1.807, 2.05) is 0 Å². The predicted molar refractivity (Wildman–Crippen MR) is 107 cm³/mol. The number of carbonyl (C=O) groups excluding carboxylic acids is 3. The molecule has 0 bridgehead atoms. The molecule has 30 heavy (non-hydrogen) atoms. The molecule has 1 aliphatic heterocycles. The third-order valence-corrected chi connectivity index (χ3v) is 5.44. The van der Waals surface area contributed by atoms with Crippen molar-refractivity contribution in [1.82, 2.24) is 0 Å². The molecule has 1 atom stereocenters. The second-order valence-electron chi connectivity index (χ2n) is 7.17. The lowest BCUT2D eigenvalue weighted by molar-refractivity contribution is -0.116. The zero-order valence-electron chi connectivity index (χ0n) is 16.3. The molecule has 2 aromatic rings. The SMILES string of the molecule is CCCC1=C(O)c2c(cc(C3C(=O)Nc4cccc(O)c43)c(O)c2OC)C(=O)C1=O. The summed E-state index contributed by atoms with van der Waals surface area (Å²) in [6.45, 7) is 1.80. The van der Waals surface area contributed by atoms with Gasteiger partial charge in [-0.1, -0.05) is 19.4 Å². The number of benzene rings is 2. The van der Waals surface area contributed by atoms with Crippen LogP contribution in [0.15, 0.2) is 29.8 Å². The van der Waals surface area contributed by atoms with E-state index in [0.29, 0.717) is 12.1 Å². The van der Waals surface area contributed by atoms with E-state index in [1.165, 1.54) is 19.2 Å². The fraction of sp³-hybridized carbons (Fsp3) is 0.227. The Morgan fingerprint density at radius 1 is 1.10 bits per heavy atom. The number of hydrogen-bond donors (Lipinski definition) is 4. The molecule has 0 saturated carbocycles. The van der Waals surface area contributed by atoms with Gasteiger partial charge in [0.2, 0.25) is 17.5 Å². The van der Waals surface area contributed by atoms with Gasteiger partial charge in [0.25, 0.3) is 0 Å². The normalized spacial score (nSPS) is 17.7. The molecule has 1 aliphatic carbocycles. The van der Waals surface area contributed by atoms with Crippen molar-refractivity contribution in [3.8, 4) is 17.2 Å². The summed E-state index contributed by atoms with van der Waals surface area (Å²) in [5, 5.41) is 34.5. The molecule has 0 fully saturated rings. The highest BCUT2D eigenvalue weighted by Crippen LogP contribution is 2.50. The first-order valence-corrected chi connectivity index (χ1v) is 9.39. The van der Waals surface area contributed by atoms with Gasteiger partial charge in [-0.25, -0.2) is 0 Å². The van der Waals surface area contributed by atoms with Crippen LogP contribution in [0, 0.1) is 0 Å². The number of Topliss-reactive ketones (excluding diaryl/α,β-unsaturated/α-hetero) is 2. The fourth-order valence-corrected chi connectivity index (χ4v) is 4.10. The second kappa shape index (κ2) is 6.91. The molecule has 4 rings (SSSR count). The average Bonchev–Trinajstić information content (AvgIpc) is 3.06. The third kappa shape index (κ3) is 2.57. The molecule has 1 unspecified atom stereocenters. The largest absolute Gasteiger partial charge is 0.508 e. The van der Waals surface area contributed by atoms with Crippen molar-refractivity contribution < 1.29 is 34.4 Å². The van der Waals surface area contributed by atoms with Gasteiger partial charge in [-0.2, -0.15) is 0 Å². The van der Waals surface area contributed by atoms with Crippen molar-refractivity contribution in [3.63, 3.8) is 0 Å². The summed E-state index contributed by atoms with van der Waals surface area (Å²) < 4.78 is 5.28. The molecule has 0 aromatic heterocycles. The van der Waals surface area contributed by atoms with Crippen molar-refractivity contribution in [2.24, 2.45) is 0 Å². The molecular formula is C22H19NO7. The number of allylic oxidation sites excluding steroid dienone is 1. The first-order valence-electron chi connectivity index (χ1n) is 9.39. The molecule has 2 aliphatic rings. The minimum absolute atomic E-state index is 0.0174. The zero-order valence-corrected chi connectivity index (χ0v) is 16.3. The number of hydrogen-bond acceptors (Lipinski definition) is 7. The number of aliphatic hydroxyl groups is 1. The average molecular weight is 409 g/mol. The summed E-state index contributed by atoms with van der Waals surface area (Å²) >= 11 is 0. The van der Waals surface area contributed by atoms with Gasteiger partial charge in [-0.3, -0.25) is 14.4 Å². The number of aliphatic hydroxyl groups excluding tert-OH is 1. The predicted octanol–water partition coefficient (Wildman–Crippen LogP) is 3.03. The van der Waals surface area contributed by atoms with Gasteiger partial charge in [0.05, 0.1) is 18.6 Å². The summed E-state index contributed by atoms with van der Waals surface area (Å²) in [4.78, 5) is 38.0. The van der Waals surface area contributed by atoms with Gasteiger partial charge < -0.3 is 25.4 Å². The van der Waals surface area contributed by atoms with Crippen LogP contribution in [0.2, 0.25) is 0 Å². The van der Waals surface area contributed by atoms with Crippen LogP contribution < -0.4 is 10.1 Å². The monoisotopic (exact) mass is 409 g/mol. The molecular weight excluding hydrogens is 390 g/mol. The number of ketones is 2. The van der Waals surface area contributed by atoms with Crippen LogP contribution in [0.4, 0.5) is 5.69 Å². The van der Waals surface area contributed by atoms with E-state index in [1.54, 1.807) is 19.1 Å². The van der Waals surface area contributed by atoms with Crippen LogP contribution in [0.5, 0.6) is 17.2 Å². The summed E-state index contributed by atoms with van der Waals surface area (Å²) in [7, 11) is 1.24. The van der Waals surface area contributed by atoms with Gasteiger partial charge in [0, 0.05) is 28.0 Å². The number of carbonyl (C=O) groups is 3. The molecule has 8 heteroatoms. The number of phenolic OH excluding ortho intramolecular Hbond substituents is 2. The van der Waals surface area contributed by atoms with Crippen molar-refractivity contribution in [2.45, 2.75) is 25.7 Å². The number of aromatic hydroxyl groups is 2. The van der Waals surface area contributed by atoms with E-state index >= 15 is 0 Å². The maximum atomic E-state index is 12.8. The van der Waals surface area contributed by atoms with Gasteiger partial charge in [0.1, 0.15) is 11.5 Å². The molecule has 0 saturated heterocycles. The highest BCUT2D eigenvalue weighted by molar-refractivity contribution is 6.52. The highest BCUT2D eigenvalue weighted by atomic mass is 16.5. The van der Waals surface area contributed by atoms with Gasteiger partial charge in [-0.15, -0.1) is 0 Å². The standard InChI is InChI=1S/C22H19NO7/c1-3-5-9-17(25)15-11(19(27)18(9)26)8-10(20(28)21(15)30-2)14-16-12(23-22(14)29)6-4-7-13(16)24/h4,6-8,14,24-25,28H,3,5H2,1-2H3,(H,23,29). The second-order valence-corrected chi connectivity index (χ2v) is 7.17. The lowest BCUT2D eigenvalue weighted by Crippen LogP contribution is -2.25. The minimum Gasteiger partial charge on any atom is -0.508 e. The molecule has 0 spiro atoms. The van der Waals surface area contributed by atoms with Gasteiger partial charge >= 0.3 is 0 Å². The molecule has 2 aromatic carbocycles. The van der Waals surface area contributed by atoms with Crippen LogP contribution in [0.3, 0.4) is 0 Å². The number of fused-ring (bicyclic) bond motifs is 2. The Hall–Kier alpha value is -3.81. The van der Waals surface area contributed by atoms with E-state index in [9.17, 15) is 29.7 Å². The molecule has 0 radical (unpaired) electrons. The molecule has 1 amide bonds. The number of anilines is 1. The summed E-state index contributed by atoms with van der Waals surface area (Å²) in [5.41, 5.74) is 0.303. The summed E-state index contributed by atoms with van der Waals surface area (Å²) in [5.74, 6) is -4.61. The zero-order chi connectivity index (χ0) is 21.7. The first kappa shape index (κ1) is 19.5. The summed E-state index contributed by atoms with van der Waals surface area (Å²) in [6, 6.07) is 5.77. The van der Waals surface area contributed by atoms with E-state index in [-0.39, 0.29) is 45.7 Å². The molecule has 8 nitrogen and oxygen atoms in total. The summed E-state index contributed by atoms with van der Waals surface area (Å²) in [6.07, 6.45) is 0.715. The van der Waals surface area contributed by atoms with Crippen molar-refractivity contribution >= 4 is 28.9 Å². The molecule has 4 N–H and O–H groups in total. The van der Waals surface area contributed by atoms with Crippen LogP contribution in [0.1, 0.15) is 52.7 Å². The Labute approximate surface area is 171 Å². The van der Waals surface area contributed by atoms with Gasteiger partial charge in [-0.05, 0) is 24.6 Å². The smallest absolute Gasteiger partial charge is 0.236 e. The molecule has 154 valence electrons. The van der Waals surface area contributed by atoms with Gasteiger partial charge in [0.15, 0.2) is 11.5 Å². The third-order valence-electron chi connectivity index (χ3n) is 5.44. The van der Waals surface area contributed by atoms with Crippen molar-refractivity contribution in [3.05, 3.63) is 52.1 Å². The highest BCUT2D eigenvalue weighted by Gasteiger charge is 2.41. The van der Waals surface area contributed by atoms with E-state index < -0.39 is 34.9 Å².